The van der Waals surface area contributed by atoms with Crippen molar-refractivity contribution in [1.82, 2.24) is 15.0 Å². The largest absolute Gasteiger partial charge is 0.457 e. The van der Waals surface area contributed by atoms with Gasteiger partial charge in [-0.2, -0.15) is 0 Å². The highest BCUT2D eigenvalue weighted by atomic mass is 35.5. The van der Waals surface area contributed by atoms with E-state index in [0.717, 1.165) is 0 Å². The summed E-state index contributed by atoms with van der Waals surface area (Å²) in [6.45, 7) is 0. The maximum absolute atomic E-state index is 14.5. The average Bonchev–Trinajstić information content (AvgIpc) is 2.65. The summed E-state index contributed by atoms with van der Waals surface area (Å²) in [5.74, 6) is 0.918. The molecule has 5 nitrogen and oxygen atoms in total. The van der Waals surface area contributed by atoms with Crippen molar-refractivity contribution in [2.75, 3.05) is 5.32 Å². The Bertz CT molecular complexity index is 1080. The van der Waals surface area contributed by atoms with Gasteiger partial charge in [0.05, 0.1) is 11.2 Å². The normalized spacial score (nSPS) is 10.7. The van der Waals surface area contributed by atoms with Gasteiger partial charge in [-0.05, 0) is 36.4 Å². The molecule has 1 N–H and O–H groups in total. The van der Waals surface area contributed by atoms with Gasteiger partial charge in [0, 0.05) is 6.07 Å². The highest BCUT2D eigenvalue weighted by molar-refractivity contribution is 6.29. The van der Waals surface area contributed by atoms with E-state index >= 15 is 0 Å². The summed E-state index contributed by atoms with van der Waals surface area (Å²) in [5.41, 5.74) is 1.31. The van der Waals surface area contributed by atoms with Crippen LogP contribution in [0.15, 0.2) is 67.0 Å². The number of halogens is 2. The molecule has 128 valence electrons. The number of fused-ring (bicyclic) bond motifs is 1. The summed E-state index contributed by atoms with van der Waals surface area (Å²) < 4.78 is 20.1. The van der Waals surface area contributed by atoms with Crippen molar-refractivity contribution in [3.8, 4) is 11.5 Å². The second kappa shape index (κ2) is 6.93. The predicted octanol–water partition coefficient (Wildman–Crippen LogP) is 5.35. The van der Waals surface area contributed by atoms with Gasteiger partial charge >= 0.3 is 0 Å². The Kier molecular flexibility index (Phi) is 4.33. The standard InChI is InChI=1S/C19H12ClFN4O/c20-17-9-8-16-18(25-17)19(23-11-22-16)24-15-7-6-13(10-14(15)21)26-12-4-2-1-3-5-12/h1-11H,(H,22,23,24). The number of aromatic nitrogens is 3. The molecule has 0 bridgehead atoms. The molecule has 0 saturated carbocycles. The van der Waals surface area contributed by atoms with Crippen LogP contribution in [0.25, 0.3) is 11.0 Å². The first-order valence-corrected chi connectivity index (χ1v) is 8.13. The Morgan fingerprint density at radius 3 is 2.58 bits per heavy atom. The van der Waals surface area contributed by atoms with Gasteiger partial charge in [0.1, 0.15) is 34.3 Å². The monoisotopic (exact) mass is 366 g/mol. The lowest BCUT2D eigenvalue weighted by Gasteiger charge is -2.11. The molecule has 0 aliphatic rings. The first-order valence-electron chi connectivity index (χ1n) is 7.76. The first kappa shape index (κ1) is 16.2. The number of benzene rings is 2. The fourth-order valence-corrected chi connectivity index (χ4v) is 2.57. The number of pyridine rings is 1. The zero-order chi connectivity index (χ0) is 17.9. The van der Waals surface area contributed by atoms with E-state index in [1.165, 1.54) is 12.4 Å². The minimum Gasteiger partial charge on any atom is -0.457 e. The molecular weight excluding hydrogens is 355 g/mol. The smallest absolute Gasteiger partial charge is 0.160 e. The quantitative estimate of drug-likeness (QED) is 0.493. The van der Waals surface area contributed by atoms with E-state index in [1.54, 1.807) is 36.4 Å². The number of hydrogen-bond donors (Lipinski definition) is 1. The van der Waals surface area contributed by atoms with Crippen LogP contribution in [-0.4, -0.2) is 15.0 Å². The molecule has 4 rings (SSSR count). The topological polar surface area (TPSA) is 59.9 Å². The van der Waals surface area contributed by atoms with Crippen molar-refractivity contribution in [2.24, 2.45) is 0 Å². The van der Waals surface area contributed by atoms with Crippen LogP contribution in [0.1, 0.15) is 0 Å². The second-order valence-electron chi connectivity index (χ2n) is 5.41. The summed E-state index contributed by atoms with van der Waals surface area (Å²) in [6, 6.07) is 17.1. The van der Waals surface area contributed by atoms with Crippen LogP contribution in [0.3, 0.4) is 0 Å². The number of nitrogens with zero attached hydrogens (tertiary/aromatic N) is 3. The Morgan fingerprint density at radius 1 is 0.923 bits per heavy atom. The van der Waals surface area contributed by atoms with Crippen molar-refractivity contribution >= 4 is 34.1 Å². The van der Waals surface area contributed by atoms with Crippen molar-refractivity contribution in [3.05, 3.63) is 78.0 Å². The maximum Gasteiger partial charge on any atom is 0.160 e. The number of para-hydroxylation sites is 1. The summed E-state index contributed by atoms with van der Waals surface area (Å²) >= 11 is 5.94. The van der Waals surface area contributed by atoms with Gasteiger partial charge in [-0.15, -0.1) is 0 Å². The molecule has 4 aromatic rings. The third-order valence-electron chi connectivity index (χ3n) is 3.62. The Morgan fingerprint density at radius 2 is 1.77 bits per heavy atom. The molecule has 0 saturated heterocycles. The van der Waals surface area contributed by atoms with E-state index in [2.05, 4.69) is 20.3 Å². The van der Waals surface area contributed by atoms with Crippen LogP contribution in [0.5, 0.6) is 11.5 Å². The molecule has 7 heteroatoms. The van der Waals surface area contributed by atoms with Gasteiger partial charge in [0.25, 0.3) is 0 Å². The van der Waals surface area contributed by atoms with Crippen LogP contribution in [0, 0.1) is 5.82 Å². The van der Waals surface area contributed by atoms with E-state index in [-0.39, 0.29) is 5.69 Å². The summed E-state index contributed by atoms with van der Waals surface area (Å²) in [6.07, 6.45) is 1.38. The van der Waals surface area contributed by atoms with E-state index in [0.29, 0.717) is 33.5 Å². The zero-order valence-corrected chi connectivity index (χ0v) is 14.1. The first-order chi connectivity index (χ1) is 12.7. The number of ether oxygens (including phenoxy) is 1. The number of nitrogens with one attached hydrogen (secondary N) is 1. The van der Waals surface area contributed by atoms with E-state index in [1.807, 2.05) is 18.2 Å². The highest BCUT2D eigenvalue weighted by Crippen LogP contribution is 2.28. The third kappa shape index (κ3) is 3.41. The van der Waals surface area contributed by atoms with Crippen LogP contribution >= 0.6 is 11.6 Å². The lowest BCUT2D eigenvalue weighted by Crippen LogP contribution is -2.00. The Labute approximate surface area is 153 Å². The van der Waals surface area contributed by atoms with Crippen LogP contribution < -0.4 is 10.1 Å². The van der Waals surface area contributed by atoms with Gasteiger partial charge in [-0.25, -0.2) is 19.3 Å². The third-order valence-corrected chi connectivity index (χ3v) is 3.83. The fraction of sp³-hybridized carbons (Fsp3) is 0. The summed E-state index contributed by atoms with van der Waals surface area (Å²) in [4.78, 5) is 12.5. The van der Waals surface area contributed by atoms with E-state index in [9.17, 15) is 4.39 Å². The van der Waals surface area contributed by atoms with Gasteiger partial charge in [-0.1, -0.05) is 29.8 Å². The predicted molar refractivity (Wildman–Crippen MR) is 98.5 cm³/mol. The minimum atomic E-state index is -0.479. The van der Waals surface area contributed by atoms with Crippen molar-refractivity contribution < 1.29 is 9.13 Å². The highest BCUT2D eigenvalue weighted by Gasteiger charge is 2.10. The molecule has 0 fully saturated rings. The summed E-state index contributed by atoms with van der Waals surface area (Å²) in [5, 5.41) is 3.24. The zero-order valence-electron chi connectivity index (χ0n) is 13.4. The average molecular weight is 367 g/mol. The molecular formula is C19H12ClFN4O. The molecule has 0 unspecified atom stereocenters. The maximum atomic E-state index is 14.5. The van der Waals surface area contributed by atoms with Crippen molar-refractivity contribution in [2.45, 2.75) is 0 Å². The van der Waals surface area contributed by atoms with Crippen LogP contribution in [0.2, 0.25) is 5.15 Å². The van der Waals surface area contributed by atoms with Crippen molar-refractivity contribution in [3.63, 3.8) is 0 Å². The number of anilines is 2. The van der Waals surface area contributed by atoms with Crippen LogP contribution in [0.4, 0.5) is 15.9 Å². The molecule has 0 spiro atoms. The Balaban J connectivity index is 1.62. The second-order valence-corrected chi connectivity index (χ2v) is 5.79. The molecule has 0 atom stereocenters. The van der Waals surface area contributed by atoms with Gasteiger partial charge in [0.15, 0.2) is 5.82 Å². The molecule has 0 aliphatic carbocycles. The lowest BCUT2D eigenvalue weighted by atomic mass is 10.2. The fourth-order valence-electron chi connectivity index (χ4n) is 2.42. The van der Waals surface area contributed by atoms with E-state index in [4.69, 9.17) is 16.3 Å². The van der Waals surface area contributed by atoms with Gasteiger partial charge in [-0.3, -0.25) is 0 Å². The molecule has 0 amide bonds. The molecule has 0 radical (unpaired) electrons. The lowest BCUT2D eigenvalue weighted by molar-refractivity contribution is 0.477. The Hall–Kier alpha value is -3.25. The molecule has 2 aromatic heterocycles. The van der Waals surface area contributed by atoms with Gasteiger partial charge in [0.2, 0.25) is 0 Å². The van der Waals surface area contributed by atoms with Crippen molar-refractivity contribution in [1.29, 1.82) is 0 Å². The molecule has 26 heavy (non-hydrogen) atoms. The summed E-state index contributed by atoms with van der Waals surface area (Å²) in [7, 11) is 0. The van der Waals surface area contributed by atoms with Crippen LogP contribution in [-0.2, 0) is 0 Å². The molecule has 2 heterocycles. The number of rotatable bonds is 4. The molecule has 0 aliphatic heterocycles. The molecule has 2 aromatic carbocycles. The SMILES string of the molecule is Fc1cc(Oc2ccccc2)ccc1Nc1ncnc2ccc(Cl)nc12. The van der Waals surface area contributed by atoms with E-state index < -0.39 is 5.82 Å². The number of hydrogen-bond acceptors (Lipinski definition) is 5. The minimum absolute atomic E-state index is 0.243. The van der Waals surface area contributed by atoms with Gasteiger partial charge < -0.3 is 10.1 Å².